The molecule has 1 N–H and O–H groups in total. The predicted octanol–water partition coefficient (Wildman–Crippen LogP) is 7.74. The van der Waals surface area contributed by atoms with Gasteiger partial charge >= 0.3 is 6.03 Å². The van der Waals surface area contributed by atoms with Gasteiger partial charge in [0, 0.05) is 12.0 Å². The highest BCUT2D eigenvalue weighted by atomic mass is 16.5. The van der Waals surface area contributed by atoms with E-state index in [1.807, 2.05) is 36.4 Å². The fraction of sp³-hybridized carbons (Fsp3) is 0.568. The molecule has 1 saturated heterocycles. The summed E-state index contributed by atoms with van der Waals surface area (Å²) in [6.07, 6.45) is 10.9. The maximum absolute atomic E-state index is 13.9. The van der Waals surface area contributed by atoms with Crippen LogP contribution < -0.4 is 10.1 Å². The maximum Gasteiger partial charge on any atom is 0.330 e. The van der Waals surface area contributed by atoms with Gasteiger partial charge in [-0.15, -0.1) is 0 Å². The zero-order chi connectivity index (χ0) is 33.5. The molecule has 0 radical (unpaired) electrons. The summed E-state index contributed by atoms with van der Waals surface area (Å²) in [5.41, 5.74) is 0.127. The number of Topliss-reactive ketones (excluding diaryl/α,β-unsaturated/α-hetero) is 1. The molecule has 0 bridgehead atoms. The maximum atomic E-state index is 13.9. The number of ether oxygens (including phenoxy) is 2. The van der Waals surface area contributed by atoms with Crippen molar-refractivity contribution in [1.29, 1.82) is 0 Å². The van der Waals surface area contributed by atoms with Gasteiger partial charge in [0.15, 0.2) is 11.8 Å². The van der Waals surface area contributed by atoms with Crippen LogP contribution in [0.4, 0.5) is 10.5 Å². The van der Waals surface area contributed by atoms with Crippen molar-refractivity contribution < 1.29 is 28.7 Å². The fourth-order valence-electron chi connectivity index (χ4n) is 5.50. The third kappa shape index (κ3) is 10.4. The molecule has 0 saturated carbocycles. The minimum Gasteiger partial charge on any atom is -0.491 e. The Bertz CT molecular complexity index is 1280. The molecule has 9 heteroatoms. The summed E-state index contributed by atoms with van der Waals surface area (Å²) in [5, 5.41) is 2.79. The third-order valence-corrected chi connectivity index (χ3v) is 8.10. The van der Waals surface area contributed by atoms with E-state index < -0.39 is 41.3 Å². The lowest BCUT2D eigenvalue weighted by Crippen LogP contribution is -2.55. The smallest absolute Gasteiger partial charge is 0.330 e. The van der Waals surface area contributed by atoms with E-state index in [0.29, 0.717) is 18.0 Å². The molecule has 2 atom stereocenters. The molecular weight excluding hydrogens is 582 g/mol. The predicted molar refractivity (Wildman–Crippen MR) is 180 cm³/mol. The molecule has 0 aliphatic carbocycles. The largest absolute Gasteiger partial charge is 0.491 e. The summed E-state index contributed by atoms with van der Waals surface area (Å²) in [6, 6.07) is 13.7. The molecule has 2 unspecified atom stereocenters. The number of hydrogen-bond acceptors (Lipinski definition) is 6. The number of benzene rings is 2. The first-order valence-corrected chi connectivity index (χ1v) is 17.0. The quantitative estimate of drug-likeness (QED) is 0.0907. The van der Waals surface area contributed by atoms with E-state index in [4.69, 9.17) is 9.47 Å². The van der Waals surface area contributed by atoms with Crippen molar-refractivity contribution in [3.05, 3.63) is 60.2 Å². The van der Waals surface area contributed by atoms with E-state index in [9.17, 15) is 19.2 Å². The van der Waals surface area contributed by atoms with Crippen molar-refractivity contribution in [3.8, 4) is 5.75 Å². The second-order valence-electron chi connectivity index (χ2n) is 12.9. The minimum atomic E-state index is -1.70. The van der Waals surface area contributed by atoms with Crippen LogP contribution in [-0.2, 0) is 25.7 Å². The van der Waals surface area contributed by atoms with Crippen LogP contribution in [0.3, 0.4) is 0 Å². The molecule has 0 spiro atoms. The van der Waals surface area contributed by atoms with Gasteiger partial charge in [0.25, 0.3) is 11.8 Å². The highest BCUT2D eigenvalue weighted by Gasteiger charge is 2.54. The monoisotopic (exact) mass is 635 g/mol. The molecule has 2 aromatic rings. The number of nitrogens with one attached hydrogen (secondary N) is 1. The number of para-hydroxylation sites is 2. The van der Waals surface area contributed by atoms with Crippen LogP contribution in [0.15, 0.2) is 54.6 Å². The van der Waals surface area contributed by atoms with E-state index in [2.05, 4.69) is 12.2 Å². The van der Waals surface area contributed by atoms with Gasteiger partial charge in [-0.1, -0.05) is 128 Å². The zero-order valence-corrected chi connectivity index (χ0v) is 28.4. The van der Waals surface area contributed by atoms with Crippen molar-refractivity contribution in [2.24, 2.45) is 5.41 Å². The van der Waals surface area contributed by atoms with Crippen LogP contribution in [-0.4, -0.2) is 58.9 Å². The number of carbonyl (C=O) groups excluding carboxylic acids is 4. The Morgan fingerprint density at radius 1 is 0.826 bits per heavy atom. The standard InChI is InChI=1S/C37H53N3O6/c1-6-8-9-10-11-12-13-14-15-21-26-46-30-25-20-19-24-29(30)38-33(42)31(32(41)37(3,4)5)40-34(43)35(45-7-2)39(36(40)44)27-28-22-17-16-18-23-28/h16-20,22-25,31,35H,6-15,21,26-27H2,1-5H3,(H,38,42). The number of urea groups is 1. The number of anilines is 1. The summed E-state index contributed by atoms with van der Waals surface area (Å²) in [5.74, 6) is -1.63. The molecule has 3 rings (SSSR count). The van der Waals surface area contributed by atoms with E-state index in [-0.39, 0.29) is 13.2 Å². The first-order valence-electron chi connectivity index (χ1n) is 17.0. The first kappa shape index (κ1) is 36.7. The van der Waals surface area contributed by atoms with Crippen molar-refractivity contribution in [1.82, 2.24) is 9.80 Å². The van der Waals surface area contributed by atoms with Crippen molar-refractivity contribution in [3.63, 3.8) is 0 Å². The molecule has 1 aliphatic rings. The van der Waals surface area contributed by atoms with E-state index >= 15 is 0 Å². The first-order chi connectivity index (χ1) is 22.1. The van der Waals surface area contributed by atoms with Crippen molar-refractivity contribution >= 4 is 29.3 Å². The van der Waals surface area contributed by atoms with Crippen molar-refractivity contribution in [2.75, 3.05) is 18.5 Å². The number of unbranched alkanes of at least 4 members (excludes halogenated alkanes) is 9. The lowest BCUT2D eigenvalue weighted by atomic mass is 9.85. The summed E-state index contributed by atoms with van der Waals surface area (Å²) in [4.78, 5) is 57.3. The highest BCUT2D eigenvalue weighted by molar-refractivity contribution is 6.19. The molecule has 4 amide bonds. The van der Waals surface area contributed by atoms with Gasteiger partial charge in [0.1, 0.15) is 5.75 Å². The summed E-state index contributed by atoms with van der Waals surface area (Å²) < 4.78 is 11.7. The lowest BCUT2D eigenvalue weighted by molar-refractivity contribution is -0.149. The van der Waals surface area contributed by atoms with Gasteiger partial charge in [-0.05, 0) is 31.0 Å². The Kier molecular flexibility index (Phi) is 14.7. The summed E-state index contributed by atoms with van der Waals surface area (Å²) >= 11 is 0. The Hall–Kier alpha value is -3.72. The van der Waals surface area contributed by atoms with Gasteiger partial charge in [-0.25, -0.2) is 9.69 Å². The number of imide groups is 1. The van der Waals surface area contributed by atoms with Crippen LogP contribution in [0.25, 0.3) is 0 Å². The molecule has 2 aromatic carbocycles. The number of ketones is 1. The average molecular weight is 636 g/mol. The van der Waals surface area contributed by atoms with Gasteiger partial charge in [-0.3, -0.25) is 19.3 Å². The molecule has 9 nitrogen and oxygen atoms in total. The zero-order valence-electron chi connectivity index (χ0n) is 28.4. The van der Waals surface area contributed by atoms with Gasteiger partial charge in [0.2, 0.25) is 6.23 Å². The van der Waals surface area contributed by atoms with E-state index in [1.165, 1.54) is 49.8 Å². The van der Waals surface area contributed by atoms with Gasteiger partial charge in [0.05, 0.1) is 18.8 Å². The van der Waals surface area contributed by atoms with Crippen LogP contribution in [0.5, 0.6) is 5.75 Å². The second-order valence-corrected chi connectivity index (χ2v) is 12.9. The minimum absolute atomic E-state index is 0.0836. The topological polar surface area (TPSA) is 105 Å². The number of rotatable bonds is 20. The summed E-state index contributed by atoms with van der Waals surface area (Å²) in [7, 11) is 0. The Labute approximate surface area is 275 Å². The summed E-state index contributed by atoms with van der Waals surface area (Å²) in [6.45, 7) is 9.66. The molecule has 46 heavy (non-hydrogen) atoms. The Morgan fingerprint density at radius 2 is 1.41 bits per heavy atom. The van der Waals surface area contributed by atoms with E-state index in [1.54, 1.807) is 45.9 Å². The van der Waals surface area contributed by atoms with E-state index in [0.717, 1.165) is 29.7 Å². The SMILES string of the molecule is CCCCCCCCCCCCOc1ccccc1NC(=O)C(C(=O)C(C)(C)C)N1C(=O)C(OCC)N(Cc2ccccc2)C1=O. The normalized spacial score (nSPS) is 15.7. The number of nitrogens with zero attached hydrogens (tertiary/aromatic N) is 2. The number of hydrogen-bond donors (Lipinski definition) is 1. The van der Waals surface area contributed by atoms with Gasteiger partial charge < -0.3 is 14.8 Å². The molecular formula is C37H53N3O6. The van der Waals surface area contributed by atoms with Crippen LogP contribution >= 0.6 is 0 Å². The number of carbonyl (C=O) groups is 4. The fourth-order valence-corrected chi connectivity index (χ4v) is 5.50. The third-order valence-electron chi connectivity index (χ3n) is 8.10. The van der Waals surface area contributed by atoms with Crippen molar-refractivity contribution in [2.45, 2.75) is 118 Å². The number of amides is 4. The van der Waals surface area contributed by atoms with Crippen LogP contribution in [0, 0.1) is 5.41 Å². The lowest BCUT2D eigenvalue weighted by Gasteiger charge is -2.29. The highest BCUT2D eigenvalue weighted by Crippen LogP contribution is 2.30. The molecule has 1 aliphatic heterocycles. The van der Waals surface area contributed by atoms with Gasteiger partial charge in [-0.2, -0.15) is 0 Å². The second kappa shape index (κ2) is 18.4. The molecule has 0 aromatic heterocycles. The average Bonchev–Trinajstić information content (AvgIpc) is 3.25. The Balaban J connectivity index is 1.70. The molecule has 1 heterocycles. The van der Waals surface area contributed by atoms with Crippen LogP contribution in [0.2, 0.25) is 0 Å². The Morgan fingerprint density at radius 3 is 2.02 bits per heavy atom. The molecule has 1 fully saturated rings. The molecule has 252 valence electrons. The van der Waals surface area contributed by atoms with Crippen LogP contribution in [0.1, 0.15) is 104 Å².